The average Bonchev–Trinajstić information content (AvgIpc) is 2.77. The van der Waals surface area contributed by atoms with Gasteiger partial charge < -0.3 is 10.6 Å². The monoisotopic (exact) mass is 385 g/mol. The standard InChI is InChI=1S/C25H27N3O/c29-25(23-13-7-8-14-24(23)26-21-11-5-2-6-12-21)27-22-15-17-28(18-16-22)19-20-9-3-1-4-10-20/h1-14,22,26H,15-19H2,(H,27,29). The van der Waals surface area contributed by atoms with Crippen molar-refractivity contribution in [3.8, 4) is 0 Å². The summed E-state index contributed by atoms with van der Waals surface area (Å²) in [5.74, 6) is -0.00876. The molecule has 1 fully saturated rings. The van der Waals surface area contributed by atoms with E-state index in [0.717, 1.165) is 43.9 Å². The van der Waals surface area contributed by atoms with Crippen LogP contribution in [0.5, 0.6) is 0 Å². The summed E-state index contributed by atoms with van der Waals surface area (Å²) in [6.45, 7) is 2.98. The third-order valence-electron chi connectivity index (χ3n) is 5.40. The number of likely N-dealkylation sites (tertiary alicyclic amines) is 1. The Balaban J connectivity index is 1.33. The second kappa shape index (κ2) is 9.39. The van der Waals surface area contributed by atoms with Crippen LogP contribution in [0.4, 0.5) is 11.4 Å². The lowest BCUT2D eigenvalue weighted by atomic mass is 10.0. The molecule has 0 radical (unpaired) electrons. The van der Waals surface area contributed by atoms with Crippen LogP contribution in [0.15, 0.2) is 84.9 Å². The lowest BCUT2D eigenvalue weighted by molar-refractivity contribution is 0.0910. The molecule has 0 atom stereocenters. The number of carbonyl (C=O) groups excluding carboxylic acids is 1. The number of hydrogen-bond acceptors (Lipinski definition) is 3. The molecular weight excluding hydrogens is 358 g/mol. The van der Waals surface area contributed by atoms with Gasteiger partial charge in [0.25, 0.3) is 5.91 Å². The normalized spacial score (nSPS) is 15.0. The number of amides is 1. The number of carbonyl (C=O) groups is 1. The van der Waals surface area contributed by atoms with Gasteiger partial charge in [0.1, 0.15) is 0 Å². The van der Waals surface area contributed by atoms with Crippen molar-refractivity contribution in [3.05, 3.63) is 96.1 Å². The smallest absolute Gasteiger partial charge is 0.253 e. The molecule has 148 valence electrons. The van der Waals surface area contributed by atoms with E-state index < -0.39 is 0 Å². The van der Waals surface area contributed by atoms with Crippen molar-refractivity contribution < 1.29 is 4.79 Å². The van der Waals surface area contributed by atoms with Crippen molar-refractivity contribution in [1.29, 1.82) is 0 Å². The van der Waals surface area contributed by atoms with Crippen molar-refractivity contribution in [3.63, 3.8) is 0 Å². The van der Waals surface area contributed by atoms with Gasteiger partial charge >= 0.3 is 0 Å². The summed E-state index contributed by atoms with van der Waals surface area (Å²) in [6.07, 6.45) is 1.96. The Morgan fingerprint density at radius 1 is 0.828 bits per heavy atom. The van der Waals surface area contributed by atoms with Gasteiger partial charge in [0.15, 0.2) is 0 Å². The molecule has 1 amide bonds. The average molecular weight is 386 g/mol. The van der Waals surface area contributed by atoms with E-state index in [1.807, 2.05) is 54.6 Å². The zero-order chi connectivity index (χ0) is 19.9. The second-order valence-electron chi connectivity index (χ2n) is 7.55. The lowest BCUT2D eigenvalue weighted by Crippen LogP contribution is -2.44. The fourth-order valence-corrected chi connectivity index (χ4v) is 3.81. The highest BCUT2D eigenvalue weighted by Gasteiger charge is 2.22. The Hall–Kier alpha value is -3.11. The van der Waals surface area contributed by atoms with Crippen molar-refractivity contribution in [2.75, 3.05) is 18.4 Å². The molecule has 3 aromatic rings. The van der Waals surface area contributed by atoms with Crippen LogP contribution in [0.1, 0.15) is 28.8 Å². The van der Waals surface area contributed by atoms with Crippen LogP contribution in [0, 0.1) is 0 Å². The lowest BCUT2D eigenvalue weighted by Gasteiger charge is -2.32. The van der Waals surface area contributed by atoms with Crippen molar-refractivity contribution in [2.45, 2.75) is 25.4 Å². The number of anilines is 2. The summed E-state index contributed by atoms with van der Waals surface area (Å²) in [5, 5.41) is 6.60. The number of piperidine rings is 1. The first-order chi connectivity index (χ1) is 14.3. The Labute approximate surface area is 172 Å². The Morgan fingerprint density at radius 3 is 2.17 bits per heavy atom. The number of rotatable bonds is 6. The van der Waals surface area contributed by atoms with E-state index in [-0.39, 0.29) is 11.9 Å². The molecule has 4 nitrogen and oxygen atoms in total. The van der Waals surface area contributed by atoms with Crippen molar-refractivity contribution in [2.24, 2.45) is 0 Å². The van der Waals surface area contributed by atoms with E-state index in [4.69, 9.17) is 0 Å². The predicted molar refractivity (Wildman–Crippen MR) is 118 cm³/mol. The number of nitrogens with one attached hydrogen (secondary N) is 2. The van der Waals surface area contributed by atoms with E-state index in [0.29, 0.717) is 5.56 Å². The number of benzene rings is 3. The first-order valence-electron chi connectivity index (χ1n) is 10.3. The number of para-hydroxylation sites is 2. The molecule has 1 aliphatic rings. The zero-order valence-corrected chi connectivity index (χ0v) is 16.6. The molecule has 0 aromatic heterocycles. The maximum atomic E-state index is 12.9. The van der Waals surface area contributed by atoms with Gasteiger partial charge in [-0.25, -0.2) is 0 Å². The fraction of sp³-hybridized carbons (Fsp3) is 0.240. The summed E-state index contributed by atoms with van der Waals surface area (Å²) in [7, 11) is 0. The molecule has 4 rings (SSSR count). The number of nitrogens with zero attached hydrogens (tertiary/aromatic N) is 1. The summed E-state index contributed by atoms with van der Waals surface area (Å²) in [5.41, 5.74) is 3.83. The van der Waals surface area contributed by atoms with Crippen molar-refractivity contribution >= 4 is 17.3 Å². The molecule has 29 heavy (non-hydrogen) atoms. The van der Waals surface area contributed by atoms with E-state index in [1.165, 1.54) is 5.56 Å². The van der Waals surface area contributed by atoms with Gasteiger partial charge in [0, 0.05) is 31.4 Å². The molecule has 3 aromatic carbocycles. The molecule has 0 bridgehead atoms. The maximum Gasteiger partial charge on any atom is 0.253 e. The molecule has 0 spiro atoms. The molecule has 4 heteroatoms. The Morgan fingerprint density at radius 2 is 1.45 bits per heavy atom. The third kappa shape index (κ3) is 5.24. The first-order valence-corrected chi connectivity index (χ1v) is 10.3. The summed E-state index contributed by atoms with van der Waals surface area (Å²) in [4.78, 5) is 15.4. The Kier molecular flexibility index (Phi) is 6.22. The minimum absolute atomic E-state index is 0.00876. The van der Waals surface area contributed by atoms with Crippen LogP contribution in [-0.4, -0.2) is 29.9 Å². The van der Waals surface area contributed by atoms with E-state index in [2.05, 4.69) is 45.9 Å². The van der Waals surface area contributed by atoms with E-state index >= 15 is 0 Å². The topological polar surface area (TPSA) is 44.4 Å². The van der Waals surface area contributed by atoms with Crippen LogP contribution >= 0.6 is 0 Å². The van der Waals surface area contributed by atoms with Gasteiger partial charge in [-0.15, -0.1) is 0 Å². The molecule has 1 aliphatic heterocycles. The zero-order valence-electron chi connectivity index (χ0n) is 16.6. The van der Waals surface area contributed by atoms with Gasteiger partial charge in [-0.3, -0.25) is 9.69 Å². The summed E-state index contributed by atoms with van der Waals surface area (Å²) < 4.78 is 0. The van der Waals surface area contributed by atoms with Crippen LogP contribution in [0.25, 0.3) is 0 Å². The minimum atomic E-state index is -0.00876. The van der Waals surface area contributed by atoms with E-state index in [9.17, 15) is 4.79 Å². The highest BCUT2D eigenvalue weighted by atomic mass is 16.1. The SMILES string of the molecule is O=C(NC1CCN(Cc2ccccc2)CC1)c1ccccc1Nc1ccccc1. The minimum Gasteiger partial charge on any atom is -0.355 e. The first kappa shape index (κ1) is 19.2. The third-order valence-corrected chi connectivity index (χ3v) is 5.40. The summed E-state index contributed by atoms with van der Waals surface area (Å²) in [6, 6.07) is 28.4. The highest BCUT2D eigenvalue weighted by Crippen LogP contribution is 2.21. The molecule has 0 unspecified atom stereocenters. The molecule has 1 saturated heterocycles. The van der Waals surface area contributed by atoms with Gasteiger partial charge in [0.05, 0.1) is 11.3 Å². The van der Waals surface area contributed by atoms with Gasteiger partial charge in [-0.05, 0) is 42.7 Å². The highest BCUT2D eigenvalue weighted by molar-refractivity contribution is 6.00. The Bertz CT molecular complexity index is 919. The molecule has 0 saturated carbocycles. The predicted octanol–water partition coefficient (Wildman–Crippen LogP) is 4.82. The van der Waals surface area contributed by atoms with Crippen LogP contribution in [0.2, 0.25) is 0 Å². The van der Waals surface area contributed by atoms with Crippen LogP contribution in [-0.2, 0) is 6.54 Å². The summed E-state index contributed by atoms with van der Waals surface area (Å²) >= 11 is 0. The van der Waals surface area contributed by atoms with Crippen LogP contribution in [0.3, 0.4) is 0 Å². The quantitative estimate of drug-likeness (QED) is 0.639. The molecule has 1 heterocycles. The van der Waals surface area contributed by atoms with Crippen molar-refractivity contribution in [1.82, 2.24) is 10.2 Å². The second-order valence-corrected chi connectivity index (χ2v) is 7.55. The molecule has 2 N–H and O–H groups in total. The maximum absolute atomic E-state index is 12.9. The van der Waals surface area contributed by atoms with Gasteiger partial charge in [-0.2, -0.15) is 0 Å². The fourth-order valence-electron chi connectivity index (χ4n) is 3.81. The molecular formula is C25H27N3O. The van der Waals surface area contributed by atoms with Crippen LogP contribution < -0.4 is 10.6 Å². The number of hydrogen-bond donors (Lipinski definition) is 2. The molecule has 0 aliphatic carbocycles. The van der Waals surface area contributed by atoms with E-state index in [1.54, 1.807) is 0 Å². The van der Waals surface area contributed by atoms with Gasteiger partial charge in [0.2, 0.25) is 0 Å². The van der Waals surface area contributed by atoms with Gasteiger partial charge in [-0.1, -0.05) is 60.7 Å². The largest absolute Gasteiger partial charge is 0.355 e.